The van der Waals surface area contributed by atoms with Gasteiger partial charge < -0.3 is 15.5 Å². The van der Waals surface area contributed by atoms with Crippen LogP contribution < -0.4 is 10.6 Å². The number of rotatable bonds is 6. The zero-order valence-corrected chi connectivity index (χ0v) is 15.2. The largest absolute Gasteiger partial charge is 0.353 e. The second kappa shape index (κ2) is 9.70. The van der Waals surface area contributed by atoms with Gasteiger partial charge in [0.25, 0.3) is 0 Å². The third-order valence-corrected chi connectivity index (χ3v) is 3.97. The molecule has 1 atom stereocenters. The van der Waals surface area contributed by atoms with Gasteiger partial charge in [-0.2, -0.15) is 0 Å². The fourth-order valence-electron chi connectivity index (χ4n) is 2.41. The van der Waals surface area contributed by atoms with E-state index in [0.717, 1.165) is 10.0 Å². The number of nitrogens with one attached hydrogen (secondary N) is 2. The van der Waals surface area contributed by atoms with Crippen LogP contribution in [-0.2, 0) is 16.1 Å². The Labute approximate surface area is 151 Å². The van der Waals surface area contributed by atoms with Gasteiger partial charge in [0.1, 0.15) is 0 Å². The monoisotopic (exact) mass is 401 g/mol. The Kier molecular flexibility index (Phi) is 8.30. The summed E-state index contributed by atoms with van der Waals surface area (Å²) in [5.41, 5.74) is 1.07. The maximum Gasteiger partial charge on any atom is 0.240 e. The summed E-state index contributed by atoms with van der Waals surface area (Å²) in [7, 11) is 0. The molecule has 1 aliphatic rings. The molecule has 7 heteroatoms. The zero-order valence-electron chi connectivity index (χ0n) is 12.8. The first-order chi connectivity index (χ1) is 10.6. The van der Waals surface area contributed by atoms with Crippen LogP contribution in [0.25, 0.3) is 0 Å². The van der Waals surface area contributed by atoms with E-state index in [0.29, 0.717) is 26.2 Å². The SMILES string of the molecule is C=CCNC(=O)CC1NCCN(Cc2cccc(Br)c2)C1=O.Cl. The molecule has 1 aromatic rings. The third-order valence-electron chi connectivity index (χ3n) is 3.48. The molecule has 0 saturated carbocycles. The minimum atomic E-state index is -0.453. The van der Waals surface area contributed by atoms with Crippen molar-refractivity contribution < 1.29 is 9.59 Å². The summed E-state index contributed by atoms with van der Waals surface area (Å²) in [6.07, 6.45) is 1.77. The van der Waals surface area contributed by atoms with Crippen molar-refractivity contribution in [1.82, 2.24) is 15.5 Å². The van der Waals surface area contributed by atoms with Crippen molar-refractivity contribution in [2.24, 2.45) is 0 Å². The van der Waals surface area contributed by atoms with Crippen molar-refractivity contribution in [3.63, 3.8) is 0 Å². The lowest BCUT2D eigenvalue weighted by Crippen LogP contribution is -2.55. The van der Waals surface area contributed by atoms with E-state index in [9.17, 15) is 9.59 Å². The molecule has 2 N–H and O–H groups in total. The number of carbonyl (C=O) groups is 2. The topological polar surface area (TPSA) is 61.4 Å². The van der Waals surface area contributed by atoms with E-state index in [1.807, 2.05) is 24.3 Å². The summed E-state index contributed by atoms with van der Waals surface area (Å²) < 4.78 is 0.993. The number of benzene rings is 1. The zero-order chi connectivity index (χ0) is 15.9. The van der Waals surface area contributed by atoms with Crippen LogP contribution >= 0.6 is 28.3 Å². The van der Waals surface area contributed by atoms with Gasteiger partial charge in [-0.3, -0.25) is 9.59 Å². The van der Waals surface area contributed by atoms with E-state index < -0.39 is 6.04 Å². The first kappa shape index (κ1) is 19.7. The van der Waals surface area contributed by atoms with Crippen LogP contribution in [-0.4, -0.2) is 42.4 Å². The average molecular weight is 403 g/mol. The summed E-state index contributed by atoms with van der Waals surface area (Å²) in [5.74, 6) is -0.171. The first-order valence-electron chi connectivity index (χ1n) is 7.24. The normalized spacial score (nSPS) is 17.3. The van der Waals surface area contributed by atoms with Gasteiger partial charge in [-0.1, -0.05) is 34.1 Å². The highest BCUT2D eigenvalue weighted by atomic mass is 79.9. The minimum absolute atomic E-state index is 0. The van der Waals surface area contributed by atoms with Crippen LogP contribution in [0.2, 0.25) is 0 Å². The number of carbonyl (C=O) groups excluding carboxylic acids is 2. The lowest BCUT2D eigenvalue weighted by Gasteiger charge is -2.33. The molecule has 1 saturated heterocycles. The van der Waals surface area contributed by atoms with Gasteiger partial charge in [-0.15, -0.1) is 19.0 Å². The number of hydrogen-bond acceptors (Lipinski definition) is 3. The van der Waals surface area contributed by atoms with Gasteiger partial charge in [0, 0.05) is 30.7 Å². The molecule has 1 heterocycles. The molecule has 2 amide bonds. The standard InChI is InChI=1S/C16H20BrN3O2.ClH/c1-2-6-19-15(21)10-14-16(22)20(8-7-18-14)11-12-4-3-5-13(17)9-12;/h2-5,9,14,18H,1,6-8,10-11H2,(H,19,21);1H. The van der Waals surface area contributed by atoms with E-state index in [-0.39, 0.29) is 30.6 Å². The predicted octanol–water partition coefficient (Wildman–Crippen LogP) is 1.86. The molecule has 0 aromatic heterocycles. The summed E-state index contributed by atoms with van der Waals surface area (Å²) in [5, 5.41) is 5.81. The van der Waals surface area contributed by atoms with Crippen LogP contribution in [0.1, 0.15) is 12.0 Å². The number of halogens is 2. The van der Waals surface area contributed by atoms with E-state index in [2.05, 4.69) is 33.1 Å². The molecule has 1 fully saturated rings. The van der Waals surface area contributed by atoms with Gasteiger partial charge >= 0.3 is 0 Å². The van der Waals surface area contributed by atoms with Crippen molar-refractivity contribution >= 4 is 40.2 Å². The van der Waals surface area contributed by atoms with Crippen molar-refractivity contribution in [2.75, 3.05) is 19.6 Å². The highest BCUT2D eigenvalue weighted by Crippen LogP contribution is 2.15. The maximum atomic E-state index is 12.5. The quantitative estimate of drug-likeness (QED) is 0.714. The number of hydrogen-bond donors (Lipinski definition) is 2. The molecule has 1 unspecified atom stereocenters. The molecular formula is C16H21BrClN3O2. The number of amides is 2. The fraction of sp³-hybridized carbons (Fsp3) is 0.375. The van der Waals surface area contributed by atoms with E-state index in [1.165, 1.54) is 0 Å². The molecule has 126 valence electrons. The summed E-state index contributed by atoms with van der Waals surface area (Å²) in [6, 6.07) is 7.44. The van der Waals surface area contributed by atoms with Crippen LogP contribution in [0.3, 0.4) is 0 Å². The average Bonchev–Trinajstić information content (AvgIpc) is 2.49. The highest BCUT2D eigenvalue weighted by Gasteiger charge is 2.29. The molecule has 0 aliphatic carbocycles. The molecule has 1 aliphatic heterocycles. The van der Waals surface area contributed by atoms with Crippen molar-refractivity contribution in [3.05, 3.63) is 47.0 Å². The summed E-state index contributed by atoms with van der Waals surface area (Å²) in [4.78, 5) is 26.0. The highest BCUT2D eigenvalue weighted by molar-refractivity contribution is 9.10. The maximum absolute atomic E-state index is 12.5. The summed E-state index contributed by atoms with van der Waals surface area (Å²) >= 11 is 3.43. The van der Waals surface area contributed by atoms with Gasteiger partial charge in [0.15, 0.2) is 0 Å². The lowest BCUT2D eigenvalue weighted by atomic mass is 10.1. The minimum Gasteiger partial charge on any atom is -0.353 e. The van der Waals surface area contributed by atoms with Crippen LogP contribution in [0.5, 0.6) is 0 Å². The van der Waals surface area contributed by atoms with Gasteiger partial charge in [-0.05, 0) is 17.7 Å². The van der Waals surface area contributed by atoms with Crippen LogP contribution in [0.15, 0.2) is 41.4 Å². The lowest BCUT2D eigenvalue weighted by molar-refractivity contribution is -0.138. The Morgan fingerprint density at radius 3 is 3.00 bits per heavy atom. The third kappa shape index (κ3) is 5.97. The Morgan fingerprint density at radius 1 is 1.52 bits per heavy atom. The van der Waals surface area contributed by atoms with Crippen LogP contribution in [0.4, 0.5) is 0 Å². The van der Waals surface area contributed by atoms with E-state index >= 15 is 0 Å². The van der Waals surface area contributed by atoms with Crippen molar-refractivity contribution in [1.29, 1.82) is 0 Å². The van der Waals surface area contributed by atoms with Crippen molar-refractivity contribution in [2.45, 2.75) is 19.0 Å². The van der Waals surface area contributed by atoms with E-state index in [4.69, 9.17) is 0 Å². The molecule has 0 bridgehead atoms. The molecule has 2 rings (SSSR count). The molecule has 5 nitrogen and oxygen atoms in total. The molecule has 1 aromatic carbocycles. The van der Waals surface area contributed by atoms with Gasteiger partial charge in [-0.25, -0.2) is 0 Å². The predicted molar refractivity (Wildman–Crippen MR) is 96.4 cm³/mol. The van der Waals surface area contributed by atoms with Gasteiger partial charge in [0.2, 0.25) is 11.8 Å². The van der Waals surface area contributed by atoms with E-state index in [1.54, 1.807) is 11.0 Å². The number of piperazine rings is 1. The Bertz CT molecular complexity index is 568. The Balaban J connectivity index is 0.00000264. The van der Waals surface area contributed by atoms with Crippen molar-refractivity contribution in [3.8, 4) is 0 Å². The molecular weight excluding hydrogens is 382 g/mol. The first-order valence-corrected chi connectivity index (χ1v) is 8.03. The molecule has 0 radical (unpaired) electrons. The number of nitrogens with zero attached hydrogens (tertiary/aromatic N) is 1. The Morgan fingerprint density at radius 2 is 2.30 bits per heavy atom. The van der Waals surface area contributed by atoms with Gasteiger partial charge in [0.05, 0.1) is 12.5 Å². The molecule has 23 heavy (non-hydrogen) atoms. The smallest absolute Gasteiger partial charge is 0.240 e. The van der Waals surface area contributed by atoms with Crippen LogP contribution in [0, 0.1) is 0 Å². The fourth-order valence-corrected chi connectivity index (χ4v) is 2.85. The second-order valence-corrected chi connectivity index (χ2v) is 6.11. The Hall–Kier alpha value is -1.37. The molecule has 0 spiro atoms. The second-order valence-electron chi connectivity index (χ2n) is 5.19. The summed E-state index contributed by atoms with van der Waals surface area (Å²) in [6.45, 7) is 5.87.